The molecule has 3 rings (SSSR count). The van der Waals surface area contributed by atoms with Gasteiger partial charge in [0.15, 0.2) is 11.1 Å². The van der Waals surface area contributed by atoms with Gasteiger partial charge in [-0.25, -0.2) is 0 Å². The van der Waals surface area contributed by atoms with Gasteiger partial charge < -0.3 is 9.73 Å². The second-order valence-electron chi connectivity index (χ2n) is 4.84. The summed E-state index contributed by atoms with van der Waals surface area (Å²) >= 11 is 1.99. The number of nitro groups is 1. The molecule has 106 valence electrons. The highest BCUT2D eigenvalue weighted by Crippen LogP contribution is 2.28. The van der Waals surface area contributed by atoms with Gasteiger partial charge in [0.2, 0.25) is 0 Å². The number of rotatable bonds is 4. The summed E-state index contributed by atoms with van der Waals surface area (Å²) in [6.45, 7) is 0.807. The first-order chi connectivity index (χ1) is 9.74. The van der Waals surface area contributed by atoms with Gasteiger partial charge in [-0.1, -0.05) is 6.07 Å². The average Bonchev–Trinajstić information content (AvgIpc) is 2.88. The van der Waals surface area contributed by atoms with Gasteiger partial charge in [0.05, 0.1) is 4.92 Å². The van der Waals surface area contributed by atoms with Crippen LogP contribution in [0.4, 0.5) is 11.7 Å². The molecule has 0 spiro atoms. The van der Waals surface area contributed by atoms with Crippen molar-refractivity contribution in [3.05, 3.63) is 28.3 Å². The van der Waals surface area contributed by atoms with E-state index in [2.05, 4.69) is 10.3 Å². The number of nitrogens with zero attached hydrogens (tertiary/aromatic N) is 2. The Morgan fingerprint density at radius 3 is 3.00 bits per heavy atom. The molecule has 0 radical (unpaired) electrons. The molecular weight excluding hydrogens is 278 g/mol. The maximum atomic E-state index is 10.9. The molecule has 1 aromatic carbocycles. The highest BCUT2D eigenvalue weighted by Gasteiger charge is 2.18. The number of anilines is 1. The second kappa shape index (κ2) is 5.70. The molecule has 1 N–H and O–H groups in total. The number of oxazole rings is 1. The van der Waals surface area contributed by atoms with E-state index >= 15 is 0 Å². The second-order valence-corrected chi connectivity index (χ2v) is 6.06. The third-order valence-electron chi connectivity index (χ3n) is 3.48. The van der Waals surface area contributed by atoms with Crippen LogP contribution in [0, 0.1) is 16.0 Å². The van der Waals surface area contributed by atoms with Crippen molar-refractivity contribution in [2.75, 3.05) is 23.4 Å². The summed E-state index contributed by atoms with van der Waals surface area (Å²) in [5.74, 6) is 3.03. The van der Waals surface area contributed by atoms with E-state index in [1.165, 1.54) is 30.4 Å². The number of hydrogen-bond acceptors (Lipinski definition) is 6. The summed E-state index contributed by atoms with van der Waals surface area (Å²) in [5.41, 5.74) is 0.730. The highest BCUT2D eigenvalue weighted by atomic mass is 32.2. The Kier molecular flexibility index (Phi) is 3.77. The highest BCUT2D eigenvalue weighted by molar-refractivity contribution is 7.99. The summed E-state index contributed by atoms with van der Waals surface area (Å²) in [4.78, 5) is 14.7. The molecule has 7 heteroatoms. The summed E-state index contributed by atoms with van der Waals surface area (Å²) in [7, 11) is 0. The van der Waals surface area contributed by atoms with Crippen molar-refractivity contribution in [3.8, 4) is 0 Å². The molecule has 1 aliphatic heterocycles. The predicted octanol–water partition coefficient (Wildman–Crippen LogP) is 3.29. The lowest BCUT2D eigenvalue weighted by atomic mass is 10.0. The Bertz CT molecular complexity index is 622. The number of hydrogen-bond donors (Lipinski definition) is 1. The summed E-state index contributed by atoms with van der Waals surface area (Å²) in [6.07, 6.45) is 2.39. The van der Waals surface area contributed by atoms with Crippen molar-refractivity contribution >= 4 is 34.6 Å². The van der Waals surface area contributed by atoms with Crippen LogP contribution in [0.15, 0.2) is 22.6 Å². The molecule has 0 saturated carbocycles. The number of nitro benzene ring substituents is 1. The molecule has 0 amide bonds. The standard InChI is InChI=1S/C13H15N3O3S/c17-16(18)10-2-1-3-11-12(10)15-13(19-11)14-8-9-4-6-20-7-5-9/h1-3,9H,4-8H2,(H,14,15). The first-order valence-corrected chi connectivity index (χ1v) is 7.75. The van der Waals surface area contributed by atoms with E-state index < -0.39 is 4.92 Å². The van der Waals surface area contributed by atoms with E-state index in [-0.39, 0.29) is 5.69 Å². The molecule has 6 nitrogen and oxygen atoms in total. The average molecular weight is 293 g/mol. The van der Waals surface area contributed by atoms with E-state index in [9.17, 15) is 10.1 Å². The molecular formula is C13H15N3O3S. The monoisotopic (exact) mass is 293 g/mol. The summed E-state index contributed by atoms with van der Waals surface area (Å²) in [5, 5.41) is 14.1. The van der Waals surface area contributed by atoms with E-state index in [0.717, 1.165) is 6.54 Å². The van der Waals surface area contributed by atoms with Crippen LogP contribution < -0.4 is 5.32 Å². The SMILES string of the molecule is O=[N+]([O-])c1cccc2oc(NCC3CCSCC3)nc12. The van der Waals surface area contributed by atoms with Gasteiger partial charge >= 0.3 is 0 Å². The smallest absolute Gasteiger partial charge is 0.298 e. The lowest BCUT2D eigenvalue weighted by Crippen LogP contribution is -2.19. The van der Waals surface area contributed by atoms with Crippen molar-refractivity contribution in [1.82, 2.24) is 4.98 Å². The molecule has 1 aliphatic rings. The fourth-order valence-corrected chi connectivity index (χ4v) is 3.54. The van der Waals surface area contributed by atoms with Crippen molar-refractivity contribution in [2.45, 2.75) is 12.8 Å². The van der Waals surface area contributed by atoms with Crippen LogP contribution in [0.25, 0.3) is 11.1 Å². The molecule has 0 aliphatic carbocycles. The number of non-ortho nitro benzene ring substituents is 1. The van der Waals surface area contributed by atoms with Crippen LogP contribution in [0.1, 0.15) is 12.8 Å². The number of nitrogens with one attached hydrogen (secondary N) is 1. The molecule has 1 saturated heterocycles. The van der Waals surface area contributed by atoms with Crippen LogP contribution in [-0.2, 0) is 0 Å². The molecule has 20 heavy (non-hydrogen) atoms. The Hall–Kier alpha value is -1.76. The van der Waals surface area contributed by atoms with Gasteiger partial charge in [-0.05, 0) is 36.3 Å². The maximum Gasteiger partial charge on any atom is 0.298 e. The molecule has 1 fully saturated rings. The first-order valence-electron chi connectivity index (χ1n) is 6.59. The van der Waals surface area contributed by atoms with Gasteiger partial charge in [0, 0.05) is 12.6 Å². The lowest BCUT2D eigenvalue weighted by molar-refractivity contribution is -0.383. The zero-order valence-corrected chi connectivity index (χ0v) is 11.7. The van der Waals surface area contributed by atoms with Gasteiger partial charge in [-0.3, -0.25) is 10.1 Å². The molecule has 0 unspecified atom stereocenters. The van der Waals surface area contributed by atoms with Gasteiger partial charge in [-0.2, -0.15) is 16.7 Å². The fourth-order valence-electron chi connectivity index (χ4n) is 2.34. The normalized spacial score (nSPS) is 16.4. The van der Waals surface area contributed by atoms with Crippen LogP contribution in [0.3, 0.4) is 0 Å². The third kappa shape index (κ3) is 2.72. The number of para-hydroxylation sites is 1. The van der Waals surface area contributed by atoms with Crippen molar-refractivity contribution < 1.29 is 9.34 Å². The minimum Gasteiger partial charge on any atom is -0.423 e. The molecule has 0 atom stereocenters. The van der Waals surface area contributed by atoms with Gasteiger partial charge in [-0.15, -0.1) is 0 Å². The van der Waals surface area contributed by atoms with Crippen LogP contribution >= 0.6 is 11.8 Å². The van der Waals surface area contributed by atoms with Crippen molar-refractivity contribution in [2.24, 2.45) is 5.92 Å². The van der Waals surface area contributed by atoms with E-state index in [1.807, 2.05) is 11.8 Å². The zero-order chi connectivity index (χ0) is 13.9. The largest absolute Gasteiger partial charge is 0.423 e. The third-order valence-corrected chi connectivity index (χ3v) is 4.53. The fraction of sp³-hybridized carbons (Fsp3) is 0.462. The minimum atomic E-state index is -0.438. The quantitative estimate of drug-likeness (QED) is 0.688. The van der Waals surface area contributed by atoms with Crippen LogP contribution in [0.5, 0.6) is 0 Å². The Labute approximate surface area is 120 Å². The lowest BCUT2D eigenvalue weighted by Gasteiger charge is -2.20. The number of thioether (sulfide) groups is 1. The maximum absolute atomic E-state index is 10.9. The van der Waals surface area contributed by atoms with Crippen molar-refractivity contribution in [1.29, 1.82) is 0 Å². The van der Waals surface area contributed by atoms with E-state index in [1.54, 1.807) is 12.1 Å². The summed E-state index contributed by atoms with van der Waals surface area (Å²) < 4.78 is 5.52. The molecule has 2 aromatic rings. The van der Waals surface area contributed by atoms with Crippen LogP contribution in [-0.4, -0.2) is 28.0 Å². The van der Waals surface area contributed by atoms with Crippen LogP contribution in [0.2, 0.25) is 0 Å². The number of fused-ring (bicyclic) bond motifs is 1. The van der Waals surface area contributed by atoms with Gasteiger partial charge in [0.25, 0.3) is 11.7 Å². The predicted molar refractivity (Wildman–Crippen MR) is 79.2 cm³/mol. The van der Waals surface area contributed by atoms with E-state index in [4.69, 9.17) is 4.42 Å². The molecule has 2 heterocycles. The Balaban J connectivity index is 1.75. The number of aromatic nitrogens is 1. The molecule has 0 bridgehead atoms. The van der Waals surface area contributed by atoms with E-state index in [0.29, 0.717) is 23.0 Å². The summed E-state index contributed by atoms with van der Waals surface area (Å²) in [6, 6.07) is 5.10. The molecule has 1 aromatic heterocycles. The van der Waals surface area contributed by atoms with Crippen molar-refractivity contribution in [3.63, 3.8) is 0 Å². The van der Waals surface area contributed by atoms with Gasteiger partial charge in [0.1, 0.15) is 0 Å². The Morgan fingerprint density at radius 1 is 1.45 bits per heavy atom. The minimum absolute atomic E-state index is 0.0200. The number of benzene rings is 1. The zero-order valence-electron chi connectivity index (χ0n) is 10.9. The first kappa shape index (κ1) is 13.2. The topological polar surface area (TPSA) is 81.2 Å². The Morgan fingerprint density at radius 2 is 2.25 bits per heavy atom.